The van der Waals surface area contributed by atoms with Gasteiger partial charge in [0.05, 0.1) is 5.56 Å². The Hall–Kier alpha value is -0.830. The summed E-state index contributed by atoms with van der Waals surface area (Å²) in [6, 6.07) is 8.97. The van der Waals surface area contributed by atoms with Crippen LogP contribution in [0.1, 0.15) is 17.3 Å². The van der Waals surface area contributed by atoms with Gasteiger partial charge in [0, 0.05) is 5.33 Å². The minimum absolute atomic E-state index is 0.0901. The third kappa shape index (κ3) is 3.19. The molecule has 0 aliphatic heterocycles. The molecule has 0 radical (unpaired) electrons. The fraction of sp³-hybridized carbons (Fsp3) is 0.300. The molecular weight excluding hydrogens is 232 g/mol. The lowest BCUT2D eigenvalue weighted by Crippen LogP contribution is -2.15. The Kier molecular flexibility index (Phi) is 3.96. The van der Waals surface area contributed by atoms with Gasteiger partial charge in [-0.3, -0.25) is 0 Å². The summed E-state index contributed by atoms with van der Waals surface area (Å²) in [7, 11) is 0. The van der Waals surface area contributed by atoms with Crippen LogP contribution < -0.4 is 0 Å². The molecule has 1 rings (SSSR count). The standard InChI is InChI=1S/C10H11BrO2/c1-8(7-11)13-10(12)9-5-3-2-4-6-9/h2-6,8H,7H2,1H3/t8-/m1/s1. The van der Waals surface area contributed by atoms with Gasteiger partial charge in [-0.25, -0.2) is 4.79 Å². The summed E-state index contributed by atoms with van der Waals surface area (Å²) in [6.45, 7) is 1.84. The van der Waals surface area contributed by atoms with Crippen LogP contribution >= 0.6 is 15.9 Å². The zero-order chi connectivity index (χ0) is 9.68. The van der Waals surface area contributed by atoms with E-state index >= 15 is 0 Å². The SMILES string of the molecule is C[C@H](CBr)OC(=O)c1ccccc1. The number of carbonyl (C=O) groups is 1. The molecule has 0 aromatic heterocycles. The summed E-state index contributed by atoms with van der Waals surface area (Å²) in [4.78, 5) is 11.4. The van der Waals surface area contributed by atoms with Crippen LogP contribution in [-0.4, -0.2) is 17.4 Å². The summed E-state index contributed by atoms with van der Waals surface area (Å²) < 4.78 is 5.10. The van der Waals surface area contributed by atoms with E-state index in [-0.39, 0.29) is 12.1 Å². The average molecular weight is 243 g/mol. The highest BCUT2D eigenvalue weighted by Crippen LogP contribution is 2.04. The molecule has 0 amide bonds. The van der Waals surface area contributed by atoms with Crippen LogP contribution in [0.4, 0.5) is 0 Å². The van der Waals surface area contributed by atoms with Crippen LogP contribution in [-0.2, 0) is 4.74 Å². The molecule has 0 saturated carbocycles. The molecule has 0 bridgehead atoms. The molecule has 0 N–H and O–H groups in total. The van der Waals surface area contributed by atoms with Crippen LogP contribution in [0.15, 0.2) is 30.3 Å². The molecule has 1 aromatic carbocycles. The molecule has 0 aliphatic carbocycles. The van der Waals surface area contributed by atoms with Crippen LogP contribution in [0.5, 0.6) is 0 Å². The van der Waals surface area contributed by atoms with E-state index in [2.05, 4.69) is 15.9 Å². The highest BCUT2D eigenvalue weighted by Gasteiger charge is 2.09. The summed E-state index contributed by atoms with van der Waals surface area (Å²) in [6.07, 6.45) is -0.0901. The largest absolute Gasteiger partial charge is 0.458 e. The maximum atomic E-state index is 11.4. The van der Waals surface area contributed by atoms with Gasteiger partial charge in [0.2, 0.25) is 0 Å². The second-order valence-electron chi connectivity index (χ2n) is 2.74. The molecule has 70 valence electrons. The average Bonchev–Trinajstić information content (AvgIpc) is 2.19. The number of ether oxygens (including phenoxy) is 1. The van der Waals surface area contributed by atoms with Crippen molar-refractivity contribution in [3.63, 3.8) is 0 Å². The van der Waals surface area contributed by atoms with Crippen molar-refractivity contribution in [2.45, 2.75) is 13.0 Å². The van der Waals surface area contributed by atoms with Crippen LogP contribution in [0, 0.1) is 0 Å². The fourth-order valence-electron chi connectivity index (χ4n) is 0.856. The third-order valence-electron chi connectivity index (χ3n) is 1.54. The number of halogens is 1. The van der Waals surface area contributed by atoms with Crippen molar-refractivity contribution >= 4 is 21.9 Å². The minimum Gasteiger partial charge on any atom is -0.458 e. The Morgan fingerprint density at radius 1 is 1.46 bits per heavy atom. The van der Waals surface area contributed by atoms with Gasteiger partial charge in [0.1, 0.15) is 6.10 Å². The topological polar surface area (TPSA) is 26.3 Å². The van der Waals surface area contributed by atoms with Crippen molar-refractivity contribution in [3.05, 3.63) is 35.9 Å². The molecular formula is C10H11BrO2. The van der Waals surface area contributed by atoms with E-state index < -0.39 is 0 Å². The molecule has 0 heterocycles. The Bertz CT molecular complexity index is 272. The molecule has 3 heteroatoms. The number of hydrogen-bond acceptors (Lipinski definition) is 2. The fourth-order valence-corrected chi connectivity index (χ4v) is 0.989. The highest BCUT2D eigenvalue weighted by molar-refractivity contribution is 9.09. The molecule has 1 atom stereocenters. The maximum absolute atomic E-state index is 11.4. The summed E-state index contributed by atoms with van der Waals surface area (Å²) in [5.41, 5.74) is 0.593. The van der Waals surface area contributed by atoms with Gasteiger partial charge in [-0.15, -0.1) is 0 Å². The Labute approximate surface area is 86.0 Å². The predicted octanol–water partition coefficient (Wildman–Crippen LogP) is 2.63. The van der Waals surface area contributed by atoms with Crippen molar-refractivity contribution in [2.24, 2.45) is 0 Å². The zero-order valence-corrected chi connectivity index (χ0v) is 8.95. The third-order valence-corrected chi connectivity index (χ3v) is 2.45. The molecule has 0 aliphatic rings. The second kappa shape index (κ2) is 5.02. The van der Waals surface area contributed by atoms with Gasteiger partial charge >= 0.3 is 5.97 Å². The predicted molar refractivity (Wildman–Crippen MR) is 55.1 cm³/mol. The lowest BCUT2D eigenvalue weighted by Gasteiger charge is -2.09. The zero-order valence-electron chi connectivity index (χ0n) is 7.37. The van der Waals surface area contributed by atoms with Crippen molar-refractivity contribution in [2.75, 3.05) is 5.33 Å². The van der Waals surface area contributed by atoms with E-state index in [0.717, 1.165) is 0 Å². The van der Waals surface area contributed by atoms with Crippen LogP contribution in [0.3, 0.4) is 0 Å². The lowest BCUT2D eigenvalue weighted by molar-refractivity contribution is 0.0388. The van der Waals surface area contributed by atoms with Crippen LogP contribution in [0.25, 0.3) is 0 Å². The first-order valence-corrected chi connectivity index (χ1v) is 5.18. The van der Waals surface area contributed by atoms with E-state index in [1.54, 1.807) is 12.1 Å². The first kappa shape index (κ1) is 10.3. The first-order valence-electron chi connectivity index (χ1n) is 4.06. The van der Waals surface area contributed by atoms with Gasteiger partial charge in [-0.1, -0.05) is 34.1 Å². The second-order valence-corrected chi connectivity index (χ2v) is 3.38. The lowest BCUT2D eigenvalue weighted by atomic mass is 10.2. The Morgan fingerprint density at radius 2 is 2.08 bits per heavy atom. The molecule has 2 nitrogen and oxygen atoms in total. The quantitative estimate of drug-likeness (QED) is 0.602. The first-order chi connectivity index (χ1) is 6.24. The van der Waals surface area contributed by atoms with Gasteiger partial charge in [0.15, 0.2) is 0 Å². The number of alkyl halides is 1. The molecule has 13 heavy (non-hydrogen) atoms. The molecule has 1 aromatic rings. The van der Waals surface area contributed by atoms with E-state index in [1.807, 2.05) is 25.1 Å². The Morgan fingerprint density at radius 3 is 2.62 bits per heavy atom. The molecule has 0 saturated heterocycles. The summed E-state index contributed by atoms with van der Waals surface area (Å²) in [5, 5.41) is 0.658. The van der Waals surface area contributed by atoms with Gasteiger partial charge < -0.3 is 4.74 Å². The molecule has 0 spiro atoms. The molecule has 0 fully saturated rings. The molecule has 0 unspecified atom stereocenters. The highest BCUT2D eigenvalue weighted by atomic mass is 79.9. The van der Waals surface area contributed by atoms with Crippen molar-refractivity contribution in [1.29, 1.82) is 0 Å². The summed E-state index contributed by atoms with van der Waals surface area (Å²) in [5.74, 6) is -0.271. The van der Waals surface area contributed by atoms with Gasteiger partial charge in [0.25, 0.3) is 0 Å². The van der Waals surface area contributed by atoms with Gasteiger partial charge in [-0.05, 0) is 19.1 Å². The normalized spacial score (nSPS) is 12.2. The van der Waals surface area contributed by atoms with Gasteiger partial charge in [-0.2, -0.15) is 0 Å². The number of esters is 1. The minimum atomic E-state index is -0.271. The number of rotatable bonds is 3. The van der Waals surface area contributed by atoms with Crippen molar-refractivity contribution < 1.29 is 9.53 Å². The number of benzene rings is 1. The Balaban J connectivity index is 2.59. The van der Waals surface area contributed by atoms with Crippen LogP contribution in [0.2, 0.25) is 0 Å². The summed E-state index contributed by atoms with van der Waals surface area (Å²) >= 11 is 3.24. The maximum Gasteiger partial charge on any atom is 0.338 e. The van der Waals surface area contributed by atoms with E-state index in [0.29, 0.717) is 10.9 Å². The van der Waals surface area contributed by atoms with E-state index in [1.165, 1.54) is 0 Å². The van der Waals surface area contributed by atoms with E-state index in [4.69, 9.17) is 4.74 Å². The van der Waals surface area contributed by atoms with Crippen molar-refractivity contribution in [1.82, 2.24) is 0 Å². The number of carbonyl (C=O) groups excluding carboxylic acids is 1. The van der Waals surface area contributed by atoms with Crippen molar-refractivity contribution in [3.8, 4) is 0 Å². The smallest absolute Gasteiger partial charge is 0.338 e. The van der Waals surface area contributed by atoms with E-state index in [9.17, 15) is 4.79 Å². The number of hydrogen-bond donors (Lipinski definition) is 0. The monoisotopic (exact) mass is 242 g/mol.